The molecule has 0 atom stereocenters. The molecule has 2 rings (SSSR count). The van der Waals surface area contributed by atoms with Gasteiger partial charge in [-0.25, -0.2) is 0 Å². The van der Waals surface area contributed by atoms with Gasteiger partial charge in [-0.15, -0.1) is 0 Å². The summed E-state index contributed by atoms with van der Waals surface area (Å²) >= 11 is 5.83. The van der Waals surface area contributed by atoms with Crippen molar-refractivity contribution < 1.29 is 4.79 Å². The van der Waals surface area contributed by atoms with Crippen LogP contribution >= 0.6 is 11.6 Å². The molecule has 1 nitrogen and oxygen atoms in total. The Kier molecular flexibility index (Phi) is 3.07. The molecule has 0 saturated heterocycles. The second kappa shape index (κ2) is 4.21. The highest BCUT2D eigenvalue weighted by Gasteiger charge is 2.41. The van der Waals surface area contributed by atoms with E-state index in [0.29, 0.717) is 0 Å². The lowest BCUT2D eigenvalue weighted by molar-refractivity contribution is -0.116. The zero-order valence-corrected chi connectivity index (χ0v) is 10.6. The molecule has 1 aliphatic carbocycles. The van der Waals surface area contributed by atoms with Gasteiger partial charge in [0.1, 0.15) is 0 Å². The molecule has 0 aliphatic heterocycles. The van der Waals surface area contributed by atoms with Gasteiger partial charge in [0.2, 0.25) is 5.24 Å². The molecule has 0 unspecified atom stereocenters. The van der Waals surface area contributed by atoms with Crippen molar-refractivity contribution in [1.29, 1.82) is 0 Å². The van der Waals surface area contributed by atoms with Gasteiger partial charge in [-0.2, -0.15) is 0 Å². The molecule has 1 saturated carbocycles. The molecule has 1 aliphatic rings. The van der Waals surface area contributed by atoms with E-state index in [-0.39, 0.29) is 5.24 Å². The first kappa shape index (κ1) is 11.7. The average molecular weight is 237 g/mol. The topological polar surface area (TPSA) is 17.1 Å². The lowest BCUT2D eigenvalue weighted by Crippen LogP contribution is -2.29. The van der Waals surface area contributed by atoms with Crippen LogP contribution in [-0.2, 0) is 10.2 Å². The van der Waals surface area contributed by atoms with Gasteiger partial charge in [-0.1, -0.05) is 31.0 Å². The Balaban J connectivity index is 2.47. The monoisotopic (exact) mass is 236 g/mol. The second-order valence-electron chi connectivity index (χ2n) is 4.86. The quantitative estimate of drug-likeness (QED) is 0.713. The van der Waals surface area contributed by atoms with Crippen LogP contribution in [0, 0.1) is 13.8 Å². The van der Waals surface area contributed by atoms with E-state index in [1.165, 1.54) is 11.1 Å². The van der Waals surface area contributed by atoms with Crippen molar-refractivity contribution in [1.82, 2.24) is 0 Å². The molecule has 0 heterocycles. The summed E-state index contributed by atoms with van der Waals surface area (Å²) in [7, 11) is 0. The van der Waals surface area contributed by atoms with Crippen molar-refractivity contribution in [3.63, 3.8) is 0 Å². The number of carbonyl (C=O) groups is 1. The van der Waals surface area contributed by atoms with Crippen molar-refractivity contribution in [3.8, 4) is 0 Å². The zero-order chi connectivity index (χ0) is 11.8. The minimum Gasteiger partial charge on any atom is -0.280 e. The summed E-state index contributed by atoms with van der Waals surface area (Å²) in [6, 6.07) is 6.28. The van der Waals surface area contributed by atoms with Gasteiger partial charge in [0.05, 0.1) is 5.41 Å². The molecule has 0 bridgehead atoms. The number of halogens is 1. The Bertz CT molecular complexity index is 417. The van der Waals surface area contributed by atoms with Crippen LogP contribution in [0.3, 0.4) is 0 Å². The third kappa shape index (κ3) is 1.78. The van der Waals surface area contributed by atoms with Crippen LogP contribution in [0.15, 0.2) is 18.2 Å². The van der Waals surface area contributed by atoms with Crippen LogP contribution < -0.4 is 0 Å². The SMILES string of the molecule is Cc1ccc(C2(C(=O)Cl)CCCC2)cc1C. The maximum Gasteiger partial charge on any atom is 0.232 e. The molecule has 1 aromatic rings. The second-order valence-corrected chi connectivity index (χ2v) is 5.21. The van der Waals surface area contributed by atoms with Gasteiger partial charge in [-0.3, -0.25) is 4.79 Å². The van der Waals surface area contributed by atoms with Crippen LogP contribution in [0.5, 0.6) is 0 Å². The van der Waals surface area contributed by atoms with Crippen molar-refractivity contribution in [3.05, 3.63) is 34.9 Å². The number of carbonyl (C=O) groups excluding carboxylic acids is 1. The van der Waals surface area contributed by atoms with E-state index in [9.17, 15) is 4.79 Å². The molecule has 0 spiro atoms. The average Bonchev–Trinajstić information content (AvgIpc) is 2.72. The van der Waals surface area contributed by atoms with Crippen LogP contribution in [-0.4, -0.2) is 5.24 Å². The smallest absolute Gasteiger partial charge is 0.232 e. The number of rotatable bonds is 2. The summed E-state index contributed by atoms with van der Waals surface area (Å²) in [4.78, 5) is 11.7. The van der Waals surface area contributed by atoms with Gasteiger partial charge in [-0.05, 0) is 55.0 Å². The molecular formula is C14H17ClO. The molecular weight excluding hydrogens is 220 g/mol. The van der Waals surface area contributed by atoms with E-state index in [0.717, 1.165) is 31.2 Å². The Labute approximate surface area is 102 Å². The largest absolute Gasteiger partial charge is 0.280 e. The minimum absolute atomic E-state index is 0.187. The Morgan fingerprint density at radius 2 is 1.81 bits per heavy atom. The maximum absolute atomic E-state index is 11.7. The summed E-state index contributed by atoms with van der Waals surface area (Å²) in [6.45, 7) is 4.17. The van der Waals surface area contributed by atoms with E-state index < -0.39 is 5.41 Å². The third-order valence-electron chi connectivity index (χ3n) is 3.89. The Morgan fingerprint density at radius 3 is 2.31 bits per heavy atom. The molecule has 16 heavy (non-hydrogen) atoms. The normalized spacial score (nSPS) is 18.7. The fourth-order valence-electron chi connectivity index (χ4n) is 2.62. The molecule has 0 amide bonds. The lowest BCUT2D eigenvalue weighted by Gasteiger charge is -2.25. The van der Waals surface area contributed by atoms with E-state index in [1.807, 2.05) is 0 Å². The highest BCUT2D eigenvalue weighted by molar-refractivity contribution is 6.65. The molecule has 86 valence electrons. The molecule has 2 heteroatoms. The summed E-state index contributed by atoms with van der Waals surface area (Å²) < 4.78 is 0. The Hall–Kier alpha value is -0.820. The number of benzene rings is 1. The zero-order valence-electron chi connectivity index (χ0n) is 9.85. The van der Waals surface area contributed by atoms with Crippen molar-refractivity contribution in [2.45, 2.75) is 44.9 Å². The van der Waals surface area contributed by atoms with E-state index >= 15 is 0 Å². The predicted octanol–water partition coefficient (Wildman–Crippen LogP) is 3.88. The van der Waals surface area contributed by atoms with Crippen LogP contribution in [0.1, 0.15) is 42.4 Å². The van der Waals surface area contributed by atoms with Crippen molar-refractivity contribution in [2.24, 2.45) is 0 Å². The first-order valence-electron chi connectivity index (χ1n) is 5.84. The number of hydrogen-bond acceptors (Lipinski definition) is 1. The van der Waals surface area contributed by atoms with Gasteiger partial charge in [0, 0.05) is 0 Å². The molecule has 1 aromatic carbocycles. The highest BCUT2D eigenvalue weighted by atomic mass is 35.5. The molecule has 0 aromatic heterocycles. The molecule has 1 fully saturated rings. The number of aryl methyl sites for hydroxylation is 2. The summed E-state index contributed by atoms with van der Waals surface area (Å²) in [5.41, 5.74) is 3.20. The summed E-state index contributed by atoms with van der Waals surface area (Å²) in [5, 5.41) is -0.187. The summed E-state index contributed by atoms with van der Waals surface area (Å²) in [6.07, 6.45) is 4.01. The van der Waals surface area contributed by atoms with Crippen LogP contribution in [0.4, 0.5) is 0 Å². The maximum atomic E-state index is 11.7. The first-order chi connectivity index (χ1) is 7.56. The fraction of sp³-hybridized carbons (Fsp3) is 0.500. The van der Waals surface area contributed by atoms with Crippen molar-refractivity contribution >= 4 is 16.8 Å². The van der Waals surface area contributed by atoms with Crippen LogP contribution in [0.25, 0.3) is 0 Å². The van der Waals surface area contributed by atoms with Crippen LogP contribution in [0.2, 0.25) is 0 Å². The standard InChI is InChI=1S/C14H17ClO/c1-10-5-6-12(9-11(10)2)14(13(15)16)7-3-4-8-14/h5-6,9H,3-4,7-8H2,1-2H3. The first-order valence-corrected chi connectivity index (χ1v) is 6.22. The minimum atomic E-state index is -0.403. The van der Waals surface area contributed by atoms with Gasteiger partial charge >= 0.3 is 0 Å². The Morgan fingerprint density at radius 1 is 1.19 bits per heavy atom. The fourth-order valence-corrected chi connectivity index (χ4v) is 2.91. The van der Waals surface area contributed by atoms with Gasteiger partial charge in [0.25, 0.3) is 0 Å². The number of hydrogen-bond donors (Lipinski definition) is 0. The molecule has 0 N–H and O–H groups in total. The van der Waals surface area contributed by atoms with E-state index in [1.54, 1.807) is 0 Å². The van der Waals surface area contributed by atoms with Gasteiger partial charge in [0.15, 0.2) is 0 Å². The van der Waals surface area contributed by atoms with E-state index in [2.05, 4.69) is 32.0 Å². The van der Waals surface area contributed by atoms with Crippen molar-refractivity contribution in [2.75, 3.05) is 0 Å². The van der Waals surface area contributed by atoms with E-state index in [4.69, 9.17) is 11.6 Å². The summed E-state index contributed by atoms with van der Waals surface area (Å²) in [5.74, 6) is 0. The highest BCUT2D eigenvalue weighted by Crippen LogP contribution is 2.43. The van der Waals surface area contributed by atoms with Gasteiger partial charge < -0.3 is 0 Å². The molecule has 0 radical (unpaired) electrons. The third-order valence-corrected chi connectivity index (χ3v) is 4.25. The predicted molar refractivity (Wildman–Crippen MR) is 66.9 cm³/mol. The lowest BCUT2D eigenvalue weighted by atomic mass is 9.79.